The average Bonchev–Trinajstić information content (AvgIpc) is 2.49. The van der Waals surface area contributed by atoms with Gasteiger partial charge in [0.1, 0.15) is 0 Å². The normalized spacial score (nSPS) is 15.1. The summed E-state index contributed by atoms with van der Waals surface area (Å²) in [6.45, 7) is 3.94. The van der Waals surface area contributed by atoms with E-state index >= 15 is 0 Å². The molecule has 0 atom stereocenters. The van der Waals surface area contributed by atoms with E-state index in [-0.39, 0.29) is 5.78 Å². The van der Waals surface area contributed by atoms with Crippen LogP contribution in [0, 0.1) is 0 Å². The molecule has 1 aliphatic rings. The van der Waals surface area contributed by atoms with Crippen LogP contribution in [0.4, 0.5) is 0 Å². The van der Waals surface area contributed by atoms with Gasteiger partial charge in [-0.05, 0) is 57.2 Å². The minimum Gasteiger partial charge on any atom is -0.288 e. The molecule has 0 amide bonds. The lowest BCUT2D eigenvalue weighted by molar-refractivity contribution is 0.104. The quantitative estimate of drug-likeness (QED) is 0.426. The lowest BCUT2D eigenvalue weighted by atomic mass is 10.1. The fourth-order valence-electron chi connectivity index (χ4n) is 2.12. The summed E-state index contributed by atoms with van der Waals surface area (Å²) >= 11 is 1.70. The van der Waals surface area contributed by atoms with Gasteiger partial charge in [-0.15, -0.1) is 11.3 Å². The number of hydrogen-bond donors (Lipinski definition) is 0. The molecule has 0 saturated carbocycles. The predicted molar refractivity (Wildman–Crippen MR) is 69.3 cm³/mol. The summed E-state index contributed by atoms with van der Waals surface area (Å²) in [4.78, 5) is 14.3. The fraction of sp³-hybridized carbons (Fsp3) is 0.500. The molecule has 0 saturated heterocycles. The molecule has 16 heavy (non-hydrogen) atoms. The Hall–Kier alpha value is -0.890. The van der Waals surface area contributed by atoms with E-state index in [4.69, 9.17) is 0 Å². The first-order valence-corrected chi connectivity index (χ1v) is 6.79. The van der Waals surface area contributed by atoms with Crippen LogP contribution in [0.1, 0.15) is 53.2 Å². The van der Waals surface area contributed by atoms with E-state index < -0.39 is 0 Å². The molecule has 1 aliphatic carbocycles. The van der Waals surface area contributed by atoms with Gasteiger partial charge >= 0.3 is 0 Å². The summed E-state index contributed by atoms with van der Waals surface area (Å²) in [6.07, 6.45) is 7.96. The van der Waals surface area contributed by atoms with Crippen LogP contribution in [0.25, 0.3) is 0 Å². The van der Waals surface area contributed by atoms with Crippen molar-refractivity contribution in [3.8, 4) is 0 Å². The molecule has 0 fully saturated rings. The van der Waals surface area contributed by atoms with Crippen molar-refractivity contribution in [3.63, 3.8) is 0 Å². The first-order valence-electron chi connectivity index (χ1n) is 5.97. The average molecular weight is 234 g/mol. The van der Waals surface area contributed by atoms with Crippen molar-refractivity contribution in [2.75, 3.05) is 0 Å². The summed E-state index contributed by atoms with van der Waals surface area (Å²) in [5, 5.41) is 0. The van der Waals surface area contributed by atoms with Crippen LogP contribution in [-0.2, 0) is 12.8 Å². The summed E-state index contributed by atoms with van der Waals surface area (Å²) in [7, 11) is 0. The number of aryl methyl sites for hydroxylation is 2. The minimum atomic E-state index is 0.179. The molecule has 1 nitrogen and oxygen atoms in total. The van der Waals surface area contributed by atoms with E-state index in [0.717, 1.165) is 16.9 Å². The predicted octanol–water partition coefficient (Wildman–Crippen LogP) is 4.17. The highest BCUT2D eigenvalue weighted by molar-refractivity contribution is 7.14. The summed E-state index contributed by atoms with van der Waals surface area (Å²) in [5.41, 5.74) is 2.50. The second kappa shape index (κ2) is 4.96. The molecule has 0 spiro atoms. The third kappa shape index (κ3) is 2.62. The molecular formula is C14H18OS. The number of rotatable bonds is 2. The summed E-state index contributed by atoms with van der Waals surface area (Å²) in [5.74, 6) is 0.179. The molecule has 86 valence electrons. The van der Waals surface area contributed by atoms with Crippen LogP contribution < -0.4 is 0 Å². The van der Waals surface area contributed by atoms with Crippen molar-refractivity contribution < 1.29 is 4.79 Å². The van der Waals surface area contributed by atoms with Crippen molar-refractivity contribution in [2.24, 2.45) is 0 Å². The van der Waals surface area contributed by atoms with Crippen molar-refractivity contribution in [2.45, 2.75) is 46.0 Å². The van der Waals surface area contributed by atoms with Crippen molar-refractivity contribution >= 4 is 17.1 Å². The van der Waals surface area contributed by atoms with Crippen molar-refractivity contribution in [3.05, 3.63) is 33.0 Å². The molecule has 0 aliphatic heterocycles. The first-order chi connectivity index (χ1) is 7.66. The molecule has 0 bridgehead atoms. The van der Waals surface area contributed by atoms with E-state index in [1.165, 1.54) is 36.1 Å². The van der Waals surface area contributed by atoms with Crippen molar-refractivity contribution in [1.29, 1.82) is 0 Å². The zero-order valence-electron chi connectivity index (χ0n) is 10.0. The molecule has 1 aromatic heterocycles. The molecule has 0 unspecified atom stereocenters. The highest BCUT2D eigenvalue weighted by Gasteiger charge is 2.14. The topological polar surface area (TPSA) is 17.1 Å². The van der Waals surface area contributed by atoms with Gasteiger partial charge < -0.3 is 0 Å². The van der Waals surface area contributed by atoms with Gasteiger partial charge in [0, 0.05) is 4.88 Å². The third-order valence-electron chi connectivity index (χ3n) is 2.91. The Kier molecular flexibility index (Phi) is 3.59. The Bertz CT molecular complexity index is 398. The van der Waals surface area contributed by atoms with E-state index in [1.54, 1.807) is 17.4 Å². The lowest BCUT2D eigenvalue weighted by Crippen LogP contribution is -1.90. The maximum atomic E-state index is 11.9. The van der Waals surface area contributed by atoms with Gasteiger partial charge in [-0.3, -0.25) is 4.79 Å². The van der Waals surface area contributed by atoms with E-state index in [2.05, 4.69) is 6.07 Å². The second-order valence-corrected chi connectivity index (χ2v) is 5.84. The van der Waals surface area contributed by atoms with Gasteiger partial charge in [0.25, 0.3) is 0 Å². The number of carbonyl (C=O) groups is 1. The monoisotopic (exact) mass is 234 g/mol. The van der Waals surface area contributed by atoms with Gasteiger partial charge in [0.05, 0.1) is 4.88 Å². The van der Waals surface area contributed by atoms with E-state index in [1.807, 2.05) is 13.8 Å². The molecule has 0 aromatic carbocycles. The van der Waals surface area contributed by atoms with Crippen molar-refractivity contribution in [1.82, 2.24) is 0 Å². The Morgan fingerprint density at radius 2 is 2.00 bits per heavy atom. The van der Waals surface area contributed by atoms with Crippen LogP contribution in [0.3, 0.4) is 0 Å². The van der Waals surface area contributed by atoms with Crippen LogP contribution >= 0.6 is 11.3 Å². The van der Waals surface area contributed by atoms with Gasteiger partial charge in [-0.25, -0.2) is 0 Å². The Morgan fingerprint density at radius 3 is 2.75 bits per heavy atom. The Labute approximate surface area is 101 Å². The maximum absolute atomic E-state index is 11.9. The van der Waals surface area contributed by atoms with E-state index in [9.17, 15) is 4.79 Å². The Morgan fingerprint density at radius 1 is 1.25 bits per heavy atom. The second-order valence-electron chi connectivity index (χ2n) is 4.71. The van der Waals surface area contributed by atoms with Gasteiger partial charge in [-0.1, -0.05) is 12.0 Å². The molecule has 2 rings (SSSR count). The molecule has 1 aromatic rings. The van der Waals surface area contributed by atoms with Crippen LogP contribution in [0.2, 0.25) is 0 Å². The van der Waals surface area contributed by atoms with Gasteiger partial charge in [-0.2, -0.15) is 0 Å². The molecule has 1 heterocycles. The fourth-order valence-corrected chi connectivity index (χ4v) is 3.29. The zero-order chi connectivity index (χ0) is 11.5. The number of allylic oxidation sites excluding steroid dienone is 2. The number of ketones is 1. The highest BCUT2D eigenvalue weighted by Crippen LogP contribution is 2.29. The summed E-state index contributed by atoms with van der Waals surface area (Å²) in [6, 6.07) is 2.12. The van der Waals surface area contributed by atoms with Gasteiger partial charge in [0.2, 0.25) is 0 Å². The number of carbonyl (C=O) groups excluding carboxylic acids is 1. The smallest absolute Gasteiger partial charge is 0.195 e. The molecular weight excluding hydrogens is 216 g/mol. The molecule has 2 heteroatoms. The zero-order valence-corrected chi connectivity index (χ0v) is 10.8. The number of thiophene rings is 1. The third-order valence-corrected chi connectivity index (χ3v) is 4.16. The van der Waals surface area contributed by atoms with Crippen LogP contribution in [-0.4, -0.2) is 5.78 Å². The van der Waals surface area contributed by atoms with Crippen LogP contribution in [0.5, 0.6) is 0 Å². The van der Waals surface area contributed by atoms with Crippen LogP contribution in [0.15, 0.2) is 17.7 Å². The largest absolute Gasteiger partial charge is 0.288 e. The Balaban J connectivity index is 2.24. The van der Waals surface area contributed by atoms with E-state index in [0.29, 0.717) is 0 Å². The summed E-state index contributed by atoms with van der Waals surface area (Å²) < 4.78 is 0. The SMILES string of the molecule is CC(C)=CC(=O)c1cc2c(s1)CCCCC2. The maximum Gasteiger partial charge on any atom is 0.195 e. The van der Waals surface area contributed by atoms with Gasteiger partial charge in [0.15, 0.2) is 5.78 Å². The standard InChI is InChI=1S/C14H18OS/c1-10(2)8-12(15)14-9-11-6-4-3-5-7-13(11)16-14/h8-9H,3-7H2,1-2H3. The molecule has 0 N–H and O–H groups in total. The highest BCUT2D eigenvalue weighted by atomic mass is 32.1. The number of fused-ring (bicyclic) bond motifs is 1. The lowest BCUT2D eigenvalue weighted by Gasteiger charge is -1.92. The number of hydrogen-bond acceptors (Lipinski definition) is 2. The molecule has 0 radical (unpaired) electrons. The first kappa shape index (κ1) is 11.6. The minimum absolute atomic E-state index is 0.179.